The molecule has 1 saturated heterocycles. The van der Waals surface area contributed by atoms with Crippen LogP contribution in [0.3, 0.4) is 0 Å². The molecular formula is C20H33N3O2. The molecule has 0 aromatic rings. The Hall–Kier alpha value is -1.78. The summed E-state index contributed by atoms with van der Waals surface area (Å²) in [5.41, 5.74) is 2.85. The molecule has 1 heterocycles. The van der Waals surface area contributed by atoms with Crippen LogP contribution in [0.15, 0.2) is 23.3 Å². The lowest BCUT2D eigenvalue weighted by Gasteiger charge is -2.35. The van der Waals surface area contributed by atoms with Gasteiger partial charge >= 0.3 is 6.03 Å². The van der Waals surface area contributed by atoms with Crippen molar-refractivity contribution in [3.8, 4) is 0 Å². The number of rotatable bonds is 3. The Bertz CT molecular complexity index is 567. The predicted octanol–water partition coefficient (Wildman–Crippen LogP) is 3.33. The second kappa shape index (κ2) is 8.07. The van der Waals surface area contributed by atoms with E-state index in [4.69, 9.17) is 0 Å². The van der Waals surface area contributed by atoms with Crippen LogP contribution in [0.1, 0.15) is 53.9 Å². The normalized spacial score (nSPS) is 21.2. The first-order valence-electron chi connectivity index (χ1n) is 9.43. The highest BCUT2D eigenvalue weighted by Gasteiger charge is 2.27. The molecule has 0 atom stereocenters. The van der Waals surface area contributed by atoms with Crippen LogP contribution in [0.4, 0.5) is 4.79 Å². The zero-order valence-electron chi connectivity index (χ0n) is 16.4. The average Bonchev–Trinajstić information content (AvgIpc) is 2.53. The number of carbonyl (C=O) groups excluding carboxylic acids is 2. The van der Waals surface area contributed by atoms with Crippen molar-refractivity contribution < 1.29 is 9.59 Å². The molecule has 5 nitrogen and oxygen atoms in total. The summed E-state index contributed by atoms with van der Waals surface area (Å²) >= 11 is 0. The highest BCUT2D eigenvalue weighted by Crippen LogP contribution is 2.40. The third-order valence-electron chi connectivity index (χ3n) is 5.23. The standard InChI is InChI=1S/C20H33N3O2/c1-15(2)21-19(25)23-13-11-22(12-14-23)18(24)9-8-17-16(3)7-6-10-20(17,4)5/h8-9,15H,6-7,10-14H2,1-5H3,(H,21,25)/b9-8+. The first kappa shape index (κ1) is 19.5. The largest absolute Gasteiger partial charge is 0.336 e. The number of nitrogens with zero attached hydrogens (tertiary/aromatic N) is 2. The van der Waals surface area contributed by atoms with Gasteiger partial charge in [-0.25, -0.2) is 4.79 Å². The van der Waals surface area contributed by atoms with E-state index in [1.807, 2.05) is 24.8 Å². The zero-order chi connectivity index (χ0) is 18.6. The van der Waals surface area contributed by atoms with E-state index in [2.05, 4.69) is 26.1 Å². The summed E-state index contributed by atoms with van der Waals surface area (Å²) in [6.07, 6.45) is 7.26. The van der Waals surface area contributed by atoms with E-state index in [0.29, 0.717) is 26.2 Å². The maximum atomic E-state index is 12.5. The van der Waals surface area contributed by atoms with Crippen molar-refractivity contribution >= 4 is 11.9 Å². The van der Waals surface area contributed by atoms with Crippen molar-refractivity contribution in [1.29, 1.82) is 0 Å². The Labute approximate surface area is 152 Å². The van der Waals surface area contributed by atoms with Gasteiger partial charge in [-0.05, 0) is 51.0 Å². The molecule has 0 bridgehead atoms. The van der Waals surface area contributed by atoms with Crippen molar-refractivity contribution in [2.24, 2.45) is 5.41 Å². The van der Waals surface area contributed by atoms with Gasteiger partial charge in [0.2, 0.25) is 5.91 Å². The van der Waals surface area contributed by atoms with Crippen LogP contribution in [0.5, 0.6) is 0 Å². The maximum Gasteiger partial charge on any atom is 0.317 e. The molecular weight excluding hydrogens is 314 g/mol. The number of nitrogens with one attached hydrogen (secondary N) is 1. The van der Waals surface area contributed by atoms with Crippen molar-refractivity contribution in [2.45, 2.75) is 59.9 Å². The van der Waals surface area contributed by atoms with E-state index in [1.54, 1.807) is 11.0 Å². The number of amides is 3. The van der Waals surface area contributed by atoms with Crippen molar-refractivity contribution in [1.82, 2.24) is 15.1 Å². The van der Waals surface area contributed by atoms with Gasteiger partial charge in [0.1, 0.15) is 0 Å². The molecule has 2 aliphatic rings. The quantitative estimate of drug-likeness (QED) is 0.796. The molecule has 0 spiro atoms. The van der Waals surface area contributed by atoms with Crippen LogP contribution in [0, 0.1) is 5.41 Å². The van der Waals surface area contributed by atoms with Gasteiger partial charge < -0.3 is 15.1 Å². The average molecular weight is 348 g/mol. The van der Waals surface area contributed by atoms with Crippen LogP contribution in [-0.4, -0.2) is 54.0 Å². The molecule has 5 heteroatoms. The summed E-state index contributed by atoms with van der Waals surface area (Å²) in [5.74, 6) is 0.0468. The van der Waals surface area contributed by atoms with Gasteiger partial charge in [0, 0.05) is 38.3 Å². The van der Waals surface area contributed by atoms with Gasteiger partial charge in [-0.2, -0.15) is 0 Å². The smallest absolute Gasteiger partial charge is 0.317 e. The second-order valence-electron chi connectivity index (χ2n) is 8.18. The molecule has 1 aliphatic heterocycles. The van der Waals surface area contributed by atoms with E-state index in [0.717, 1.165) is 6.42 Å². The van der Waals surface area contributed by atoms with E-state index in [-0.39, 0.29) is 23.4 Å². The molecule has 140 valence electrons. The van der Waals surface area contributed by atoms with Crippen LogP contribution >= 0.6 is 0 Å². The molecule has 1 N–H and O–H groups in total. The molecule has 1 aliphatic carbocycles. The topological polar surface area (TPSA) is 52.7 Å². The van der Waals surface area contributed by atoms with Crippen molar-refractivity contribution in [2.75, 3.05) is 26.2 Å². The van der Waals surface area contributed by atoms with Gasteiger partial charge in [0.15, 0.2) is 0 Å². The third kappa shape index (κ3) is 5.10. The van der Waals surface area contributed by atoms with Crippen LogP contribution < -0.4 is 5.32 Å². The van der Waals surface area contributed by atoms with Gasteiger partial charge in [-0.1, -0.05) is 25.5 Å². The third-order valence-corrected chi connectivity index (χ3v) is 5.23. The van der Waals surface area contributed by atoms with E-state index in [9.17, 15) is 9.59 Å². The lowest BCUT2D eigenvalue weighted by atomic mass is 9.72. The first-order valence-corrected chi connectivity index (χ1v) is 9.43. The van der Waals surface area contributed by atoms with Crippen molar-refractivity contribution in [3.63, 3.8) is 0 Å². The highest BCUT2D eigenvalue weighted by atomic mass is 16.2. The Morgan fingerprint density at radius 1 is 1.12 bits per heavy atom. The maximum absolute atomic E-state index is 12.5. The lowest BCUT2D eigenvalue weighted by Crippen LogP contribution is -2.53. The number of allylic oxidation sites excluding steroid dienone is 3. The molecule has 1 fully saturated rings. The first-order chi connectivity index (χ1) is 11.7. The fourth-order valence-electron chi connectivity index (χ4n) is 3.74. The highest BCUT2D eigenvalue weighted by molar-refractivity contribution is 5.88. The fourth-order valence-corrected chi connectivity index (χ4v) is 3.74. The summed E-state index contributed by atoms with van der Waals surface area (Å²) in [6.45, 7) is 13.0. The SMILES string of the molecule is CC1=C(/C=C/C(=O)N2CCN(C(=O)NC(C)C)CC2)C(C)(C)CCC1. The molecule has 3 amide bonds. The summed E-state index contributed by atoms with van der Waals surface area (Å²) in [5, 5.41) is 2.90. The molecule has 0 radical (unpaired) electrons. The molecule has 0 unspecified atom stereocenters. The van der Waals surface area contributed by atoms with Crippen LogP contribution in [0.2, 0.25) is 0 Å². The lowest BCUT2D eigenvalue weighted by molar-refractivity contribution is -0.127. The molecule has 0 saturated carbocycles. The van der Waals surface area contributed by atoms with Crippen LogP contribution in [-0.2, 0) is 4.79 Å². The Morgan fingerprint density at radius 3 is 2.28 bits per heavy atom. The summed E-state index contributed by atoms with van der Waals surface area (Å²) < 4.78 is 0. The van der Waals surface area contributed by atoms with E-state index < -0.39 is 0 Å². The Kier molecular flexibility index (Phi) is 6.31. The fraction of sp³-hybridized carbons (Fsp3) is 0.700. The minimum Gasteiger partial charge on any atom is -0.336 e. The van der Waals surface area contributed by atoms with Crippen molar-refractivity contribution in [3.05, 3.63) is 23.3 Å². The molecule has 0 aromatic carbocycles. The molecule has 0 aromatic heterocycles. The Morgan fingerprint density at radius 2 is 1.72 bits per heavy atom. The summed E-state index contributed by atoms with van der Waals surface area (Å²) in [6, 6.07) is 0.0906. The minimum absolute atomic E-state index is 0.0395. The van der Waals surface area contributed by atoms with Gasteiger partial charge in [-0.15, -0.1) is 0 Å². The summed E-state index contributed by atoms with van der Waals surface area (Å²) in [7, 11) is 0. The minimum atomic E-state index is -0.0395. The van der Waals surface area contributed by atoms with Gasteiger partial charge in [-0.3, -0.25) is 4.79 Å². The van der Waals surface area contributed by atoms with Crippen LogP contribution in [0.25, 0.3) is 0 Å². The Balaban J connectivity index is 1.92. The number of urea groups is 1. The number of hydrogen-bond acceptors (Lipinski definition) is 2. The molecule has 25 heavy (non-hydrogen) atoms. The zero-order valence-corrected chi connectivity index (χ0v) is 16.4. The van der Waals surface area contributed by atoms with E-state index in [1.165, 1.54) is 24.0 Å². The van der Waals surface area contributed by atoms with Gasteiger partial charge in [0.05, 0.1) is 0 Å². The second-order valence-corrected chi connectivity index (χ2v) is 8.18. The predicted molar refractivity (Wildman–Crippen MR) is 101 cm³/mol. The summed E-state index contributed by atoms with van der Waals surface area (Å²) in [4.78, 5) is 28.1. The number of piperazine rings is 1. The monoisotopic (exact) mass is 347 g/mol. The molecule has 2 rings (SSSR count). The number of hydrogen-bond donors (Lipinski definition) is 1. The number of carbonyl (C=O) groups is 2. The van der Waals surface area contributed by atoms with E-state index >= 15 is 0 Å². The van der Waals surface area contributed by atoms with Gasteiger partial charge in [0.25, 0.3) is 0 Å².